The van der Waals surface area contributed by atoms with Crippen molar-refractivity contribution in [2.45, 2.75) is 52.1 Å². The van der Waals surface area contributed by atoms with Gasteiger partial charge in [0.1, 0.15) is 5.54 Å². The van der Waals surface area contributed by atoms with Gasteiger partial charge in [0.15, 0.2) is 0 Å². The van der Waals surface area contributed by atoms with E-state index in [1.54, 1.807) is 4.90 Å². The van der Waals surface area contributed by atoms with Crippen LogP contribution in [0.15, 0.2) is 48.5 Å². The van der Waals surface area contributed by atoms with Crippen molar-refractivity contribution < 1.29 is 9.59 Å². The second-order valence-electron chi connectivity index (χ2n) is 8.35. The Morgan fingerprint density at radius 1 is 1.17 bits per heavy atom. The lowest BCUT2D eigenvalue weighted by atomic mass is 9.91. The molecule has 0 unspecified atom stereocenters. The van der Waals surface area contributed by atoms with E-state index in [2.05, 4.69) is 19.2 Å². The standard InChI is InChI=1S/C24H29ClN2O2/c1-17(2)13-15-26-23(29)24(3)14-12-18-8-4-6-10-20(18)22(28)27(24)16-19-9-5-7-11-21(19)25/h4-11,17H,12-16H2,1-3H3,(H,26,29)/t24-/m0/s1. The summed E-state index contributed by atoms with van der Waals surface area (Å²) in [5, 5.41) is 3.66. The average molecular weight is 413 g/mol. The third-order valence-corrected chi connectivity index (χ3v) is 6.12. The van der Waals surface area contributed by atoms with E-state index < -0.39 is 5.54 Å². The molecule has 0 fully saturated rings. The lowest BCUT2D eigenvalue weighted by Crippen LogP contribution is -2.58. The fourth-order valence-corrected chi connectivity index (χ4v) is 3.97. The Bertz CT molecular complexity index is 896. The summed E-state index contributed by atoms with van der Waals surface area (Å²) in [4.78, 5) is 28.6. The number of amides is 2. The highest BCUT2D eigenvalue weighted by molar-refractivity contribution is 6.31. The van der Waals surface area contributed by atoms with Crippen LogP contribution in [0.2, 0.25) is 5.02 Å². The topological polar surface area (TPSA) is 49.4 Å². The molecule has 2 aromatic rings. The van der Waals surface area contributed by atoms with Crippen LogP contribution in [0.25, 0.3) is 0 Å². The molecule has 0 radical (unpaired) electrons. The maximum Gasteiger partial charge on any atom is 0.255 e. The van der Waals surface area contributed by atoms with Gasteiger partial charge in [-0.25, -0.2) is 0 Å². The van der Waals surface area contributed by atoms with E-state index in [9.17, 15) is 9.59 Å². The molecule has 3 rings (SSSR count). The van der Waals surface area contributed by atoms with Crippen molar-refractivity contribution in [1.29, 1.82) is 0 Å². The number of fused-ring (bicyclic) bond motifs is 1. The van der Waals surface area contributed by atoms with Crippen LogP contribution in [0.5, 0.6) is 0 Å². The zero-order valence-corrected chi connectivity index (χ0v) is 18.1. The van der Waals surface area contributed by atoms with E-state index in [0.29, 0.717) is 42.4 Å². The normalized spacial score (nSPS) is 19.1. The van der Waals surface area contributed by atoms with E-state index in [-0.39, 0.29) is 11.8 Å². The number of halogens is 1. The fraction of sp³-hybridized carbons (Fsp3) is 0.417. The summed E-state index contributed by atoms with van der Waals surface area (Å²) >= 11 is 6.38. The van der Waals surface area contributed by atoms with Crippen LogP contribution in [0, 0.1) is 5.92 Å². The predicted molar refractivity (Wildman–Crippen MR) is 117 cm³/mol. The largest absolute Gasteiger partial charge is 0.354 e. The molecule has 0 bridgehead atoms. The van der Waals surface area contributed by atoms with Crippen LogP contribution in [-0.2, 0) is 17.8 Å². The van der Waals surface area contributed by atoms with Crippen LogP contribution in [0.4, 0.5) is 0 Å². The molecule has 1 aliphatic rings. The Kier molecular flexibility index (Phi) is 6.63. The highest BCUT2D eigenvalue weighted by Gasteiger charge is 2.44. The molecule has 1 atom stereocenters. The van der Waals surface area contributed by atoms with Crippen molar-refractivity contribution in [3.63, 3.8) is 0 Å². The van der Waals surface area contributed by atoms with Crippen LogP contribution < -0.4 is 5.32 Å². The molecule has 1 heterocycles. The van der Waals surface area contributed by atoms with E-state index in [1.807, 2.05) is 55.5 Å². The van der Waals surface area contributed by atoms with Gasteiger partial charge in [-0.05, 0) is 55.4 Å². The zero-order valence-electron chi connectivity index (χ0n) is 17.4. The van der Waals surface area contributed by atoms with Gasteiger partial charge < -0.3 is 10.2 Å². The van der Waals surface area contributed by atoms with Crippen molar-refractivity contribution in [1.82, 2.24) is 10.2 Å². The van der Waals surface area contributed by atoms with Crippen LogP contribution >= 0.6 is 11.6 Å². The lowest BCUT2D eigenvalue weighted by Gasteiger charge is -2.39. The summed E-state index contributed by atoms with van der Waals surface area (Å²) in [5.74, 6) is 0.272. The summed E-state index contributed by atoms with van der Waals surface area (Å²) in [6.45, 7) is 7.03. The average Bonchev–Trinajstić information content (AvgIpc) is 2.80. The van der Waals surface area contributed by atoms with Gasteiger partial charge in [0.05, 0.1) is 0 Å². The molecular formula is C24H29ClN2O2. The van der Waals surface area contributed by atoms with Crippen LogP contribution in [0.3, 0.4) is 0 Å². The first-order valence-corrected chi connectivity index (χ1v) is 10.6. The number of rotatable bonds is 6. The Labute approximate surface area is 178 Å². The number of nitrogens with zero attached hydrogens (tertiary/aromatic N) is 1. The second-order valence-corrected chi connectivity index (χ2v) is 8.76. The molecule has 1 aliphatic heterocycles. The molecule has 2 amide bonds. The Morgan fingerprint density at radius 3 is 2.59 bits per heavy atom. The first-order valence-electron chi connectivity index (χ1n) is 10.2. The molecule has 4 nitrogen and oxygen atoms in total. The predicted octanol–water partition coefficient (Wildman–Crippen LogP) is 4.85. The van der Waals surface area contributed by atoms with Gasteiger partial charge in [-0.2, -0.15) is 0 Å². The van der Waals surface area contributed by atoms with Gasteiger partial charge in [0, 0.05) is 23.7 Å². The highest BCUT2D eigenvalue weighted by atomic mass is 35.5. The minimum atomic E-state index is -0.952. The quantitative estimate of drug-likeness (QED) is 0.737. The van der Waals surface area contributed by atoms with Gasteiger partial charge in [-0.1, -0.05) is 61.8 Å². The van der Waals surface area contributed by atoms with Gasteiger partial charge in [0.25, 0.3) is 5.91 Å². The van der Waals surface area contributed by atoms with Gasteiger partial charge in [-0.15, -0.1) is 0 Å². The molecule has 5 heteroatoms. The van der Waals surface area contributed by atoms with Gasteiger partial charge in [-0.3, -0.25) is 9.59 Å². The molecule has 0 spiro atoms. The molecule has 0 saturated heterocycles. The Hall–Kier alpha value is -2.33. The maximum atomic E-state index is 13.6. The first kappa shape index (κ1) is 21.4. The summed E-state index contributed by atoms with van der Waals surface area (Å²) < 4.78 is 0. The molecular weight excluding hydrogens is 384 g/mol. The summed E-state index contributed by atoms with van der Waals surface area (Å²) in [6.07, 6.45) is 2.14. The summed E-state index contributed by atoms with van der Waals surface area (Å²) in [6, 6.07) is 15.1. The zero-order chi connectivity index (χ0) is 21.0. The van der Waals surface area contributed by atoms with Crippen LogP contribution in [0.1, 0.15) is 55.1 Å². The monoisotopic (exact) mass is 412 g/mol. The lowest BCUT2D eigenvalue weighted by molar-refractivity contribution is -0.132. The van der Waals surface area contributed by atoms with Crippen molar-refractivity contribution in [2.75, 3.05) is 6.54 Å². The number of carbonyl (C=O) groups excluding carboxylic acids is 2. The van der Waals surface area contributed by atoms with E-state index in [1.165, 1.54) is 0 Å². The molecule has 0 aromatic heterocycles. The molecule has 29 heavy (non-hydrogen) atoms. The van der Waals surface area contributed by atoms with E-state index in [4.69, 9.17) is 11.6 Å². The van der Waals surface area contributed by atoms with Gasteiger partial charge in [0.2, 0.25) is 5.91 Å². The molecule has 154 valence electrons. The molecule has 1 N–H and O–H groups in total. The first-order chi connectivity index (χ1) is 13.8. The minimum Gasteiger partial charge on any atom is -0.354 e. The second kappa shape index (κ2) is 9.00. The minimum absolute atomic E-state index is 0.105. The maximum absolute atomic E-state index is 13.6. The number of nitrogens with one attached hydrogen (secondary N) is 1. The molecule has 0 saturated carbocycles. The van der Waals surface area contributed by atoms with Crippen LogP contribution in [-0.4, -0.2) is 28.8 Å². The smallest absolute Gasteiger partial charge is 0.255 e. The molecule has 0 aliphatic carbocycles. The highest BCUT2D eigenvalue weighted by Crippen LogP contribution is 2.33. The Balaban J connectivity index is 1.97. The fourth-order valence-electron chi connectivity index (χ4n) is 3.77. The van der Waals surface area contributed by atoms with Crippen molar-refractivity contribution >= 4 is 23.4 Å². The van der Waals surface area contributed by atoms with Crippen molar-refractivity contribution in [3.05, 3.63) is 70.2 Å². The van der Waals surface area contributed by atoms with E-state index in [0.717, 1.165) is 17.5 Å². The molecule has 2 aromatic carbocycles. The number of carbonyl (C=O) groups is 2. The van der Waals surface area contributed by atoms with E-state index >= 15 is 0 Å². The summed E-state index contributed by atoms with van der Waals surface area (Å²) in [5.41, 5.74) is 1.54. The van der Waals surface area contributed by atoms with Gasteiger partial charge >= 0.3 is 0 Å². The summed E-state index contributed by atoms with van der Waals surface area (Å²) in [7, 11) is 0. The van der Waals surface area contributed by atoms with Crippen molar-refractivity contribution in [2.24, 2.45) is 5.92 Å². The number of hydrogen-bond acceptors (Lipinski definition) is 2. The number of hydrogen-bond donors (Lipinski definition) is 1. The van der Waals surface area contributed by atoms with Crippen molar-refractivity contribution in [3.8, 4) is 0 Å². The number of aryl methyl sites for hydroxylation is 1. The SMILES string of the molecule is CC(C)CCNC(=O)[C@]1(C)CCc2ccccc2C(=O)N1Cc1ccccc1Cl. The number of benzene rings is 2. The third-order valence-electron chi connectivity index (χ3n) is 5.75. The third kappa shape index (κ3) is 4.64. The Morgan fingerprint density at radius 2 is 1.86 bits per heavy atom.